The van der Waals surface area contributed by atoms with E-state index in [1.807, 2.05) is 11.8 Å². The second-order valence-electron chi connectivity index (χ2n) is 8.54. The van der Waals surface area contributed by atoms with Crippen molar-refractivity contribution in [3.8, 4) is 0 Å². The molecule has 9 nitrogen and oxygen atoms in total. The highest BCUT2D eigenvalue weighted by atomic mass is 32.1. The number of carboxylic acids is 2. The van der Waals surface area contributed by atoms with Crippen LogP contribution in [0.1, 0.15) is 23.5 Å². The number of piperidine rings is 1. The number of carbonyl (C=O) groups is 2. The second-order valence-corrected chi connectivity index (χ2v) is 9.60. The summed E-state index contributed by atoms with van der Waals surface area (Å²) in [6.07, 6.45) is -6.53. The molecule has 17 heteroatoms. The van der Waals surface area contributed by atoms with Gasteiger partial charge in [0.1, 0.15) is 0 Å². The SMILES string of the molecule is Cc1nc(CN2CCOC3(CCCN(c4ncccc4F)C3)C2)cs1.O=C(O)C(F)(F)F.O=C(O)C(F)(F)F. The molecule has 0 saturated carbocycles. The van der Waals surface area contributed by atoms with Gasteiger partial charge in [0.2, 0.25) is 0 Å². The van der Waals surface area contributed by atoms with Crippen LogP contribution in [-0.2, 0) is 20.9 Å². The Morgan fingerprint density at radius 3 is 2.23 bits per heavy atom. The Morgan fingerprint density at radius 2 is 1.72 bits per heavy atom. The fraction of sp³-hybridized carbons (Fsp3) is 0.545. The second kappa shape index (κ2) is 13.3. The maximum atomic E-state index is 14.1. The zero-order valence-electron chi connectivity index (χ0n) is 20.4. The van der Waals surface area contributed by atoms with Crippen molar-refractivity contribution in [1.29, 1.82) is 0 Å². The van der Waals surface area contributed by atoms with Crippen LogP contribution >= 0.6 is 11.3 Å². The number of carboxylic acid groups (broad SMARTS) is 2. The van der Waals surface area contributed by atoms with Gasteiger partial charge >= 0.3 is 24.3 Å². The summed E-state index contributed by atoms with van der Waals surface area (Å²) in [5.74, 6) is -5.33. The van der Waals surface area contributed by atoms with Gasteiger partial charge in [-0.2, -0.15) is 26.3 Å². The summed E-state index contributed by atoms with van der Waals surface area (Å²) in [6.45, 7) is 6.88. The van der Waals surface area contributed by atoms with Crippen LogP contribution in [0.3, 0.4) is 0 Å². The van der Waals surface area contributed by atoms with E-state index in [-0.39, 0.29) is 11.4 Å². The minimum atomic E-state index is -5.08. The fourth-order valence-electron chi connectivity index (χ4n) is 3.90. The lowest BCUT2D eigenvalue weighted by Gasteiger charge is -2.48. The van der Waals surface area contributed by atoms with Gasteiger partial charge in [-0.25, -0.2) is 23.9 Å². The van der Waals surface area contributed by atoms with Gasteiger partial charge in [-0.3, -0.25) is 4.90 Å². The first-order valence-electron chi connectivity index (χ1n) is 11.3. The number of alkyl halides is 6. The summed E-state index contributed by atoms with van der Waals surface area (Å²) in [4.78, 5) is 31.1. The van der Waals surface area contributed by atoms with E-state index < -0.39 is 24.3 Å². The average molecular weight is 591 g/mol. The van der Waals surface area contributed by atoms with E-state index in [0.29, 0.717) is 19.0 Å². The molecule has 0 amide bonds. The Hall–Kier alpha value is -3.05. The van der Waals surface area contributed by atoms with Crippen molar-refractivity contribution >= 4 is 29.1 Å². The highest BCUT2D eigenvalue weighted by molar-refractivity contribution is 7.09. The number of pyridine rings is 1. The van der Waals surface area contributed by atoms with Crippen molar-refractivity contribution in [3.63, 3.8) is 0 Å². The van der Waals surface area contributed by atoms with Crippen LogP contribution < -0.4 is 4.90 Å². The van der Waals surface area contributed by atoms with Crippen LogP contribution in [0.2, 0.25) is 0 Å². The zero-order valence-corrected chi connectivity index (χ0v) is 21.2. The summed E-state index contributed by atoms with van der Waals surface area (Å²) in [5, 5.41) is 17.5. The molecule has 0 aliphatic carbocycles. The van der Waals surface area contributed by atoms with Gasteiger partial charge < -0.3 is 19.8 Å². The Morgan fingerprint density at radius 1 is 1.10 bits per heavy atom. The third kappa shape index (κ3) is 10.2. The number of aliphatic carboxylic acids is 2. The lowest BCUT2D eigenvalue weighted by molar-refractivity contribution is -0.193. The van der Waals surface area contributed by atoms with Gasteiger partial charge in [0.05, 0.1) is 22.9 Å². The normalized spacial score (nSPS) is 19.9. The number of halogens is 7. The van der Waals surface area contributed by atoms with Crippen LogP contribution in [0, 0.1) is 12.7 Å². The van der Waals surface area contributed by atoms with E-state index >= 15 is 0 Å². The van der Waals surface area contributed by atoms with E-state index in [1.54, 1.807) is 23.6 Å². The minimum absolute atomic E-state index is 0.245. The predicted octanol–water partition coefficient (Wildman–Crippen LogP) is 4.12. The average Bonchev–Trinajstić information content (AvgIpc) is 3.23. The van der Waals surface area contributed by atoms with Crippen LogP contribution in [-0.4, -0.2) is 87.8 Å². The van der Waals surface area contributed by atoms with E-state index in [9.17, 15) is 30.7 Å². The Kier molecular flexibility index (Phi) is 11.0. The lowest BCUT2D eigenvalue weighted by atomic mass is 9.90. The summed E-state index contributed by atoms with van der Waals surface area (Å²) in [7, 11) is 0. The molecule has 1 spiro atoms. The van der Waals surface area contributed by atoms with Crippen LogP contribution in [0.25, 0.3) is 0 Å². The number of aromatic nitrogens is 2. The maximum Gasteiger partial charge on any atom is 0.490 e. The van der Waals surface area contributed by atoms with Crippen LogP contribution in [0.15, 0.2) is 23.7 Å². The van der Waals surface area contributed by atoms with E-state index in [0.717, 1.165) is 49.7 Å². The highest BCUT2D eigenvalue weighted by Crippen LogP contribution is 2.32. The monoisotopic (exact) mass is 590 g/mol. The summed E-state index contributed by atoms with van der Waals surface area (Å²) < 4.78 is 83.8. The predicted molar refractivity (Wildman–Crippen MR) is 124 cm³/mol. The molecule has 0 aromatic carbocycles. The molecule has 0 radical (unpaired) electrons. The number of ether oxygens (including phenoxy) is 1. The molecule has 2 fully saturated rings. The Bertz CT molecular complexity index is 1090. The van der Waals surface area contributed by atoms with Crippen molar-refractivity contribution in [2.75, 3.05) is 37.7 Å². The maximum absolute atomic E-state index is 14.1. The van der Waals surface area contributed by atoms with E-state index in [2.05, 4.69) is 20.2 Å². The molecule has 0 bridgehead atoms. The standard InChI is InChI=1S/C18H23FN4OS.2C2HF3O2/c1-14-21-15(11-25-14)10-22-8-9-24-18(12-22)5-3-7-23(13-18)17-16(19)4-2-6-20-17;2*3-2(4,5)1(6)7/h2,4,6,11H,3,5,7-10,12-13H2,1H3;2*(H,6,7). The number of aryl methyl sites for hydroxylation is 1. The molecule has 1 unspecified atom stereocenters. The van der Waals surface area contributed by atoms with Gasteiger partial charge in [0.25, 0.3) is 0 Å². The van der Waals surface area contributed by atoms with Gasteiger partial charge in [0, 0.05) is 44.3 Å². The number of hydrogen-bond acceptors (Lipinski definition) is 8. The molecule has 2 saturated heterocycles. The molecule has 2 N–H and O–H groups in total. The summed E-state index contributed by atoms with van der Waals surface area (Å²) in [5.41, 5.74) is 0.883. The quantitative estimate of drug-likeness (QED) is 0.510. The molecular formula is C22H25F7N4O5S. The molecule has 4 rings (SSSR count). The number of thiazole rings is 1. The Labute approximate surface area is 221 Å². The largest absolute Gasteiger partial charge is 0.490 e. The number of nitrogens with zero attached hydrogens (tertiary/aromatic N) is 4. The molecule has 2 aliphatic heterocycles. The summed E-state index contributed by atoms with van der Waals surface area (Å²) >= 11 is 1.69. The van der Waals surface area contributed by atoms with Crippen molar-refractivity contribution in [2.24, 2.45) is 0 Å². The molecule has 4 heterocycles. The van der Waals surface area contributed by atoms with Crippen LogP contribution in [0.5, 0.6) is 0 Å². The summed E-state index contributed by atoms with van der Waals surface area (Å²) in [6, 6.07) is 3.11. The minimum Gasteiger partial charge on any atom is -0.475 e. The molecule has 1 atom stereocenters. The van der Waals surface area contributed by atoms with Crippen molar-refractivity contribution in [1.82, 2.24) is 14.9 Å². The Balaban J connectivity index is 0.000000317. The van der Waals surface area contributed by atoms with Crippen LogP contribution in [0.4, 0.5) is 36.6 Å². The van der Waals surface area contributed by atoms with Gasteiger partial charge in [0.15, 0.2) is 11.6 Å². The van der Waals surface area contributed by atoms with Crippen molar-refractivity contribution in [2.45, 2.75) is 44.3 Å². The highest BCUT2D eigenvalue weighted by Gasteiger charge is 2.41. The number of hydrogen-bond donors (Lipinski definition) is 2. The molecule has 2 aliphatic rings. The molecule has 218 valence electrons. The lowest BCUT2D eigenvalue weighted by Crippen LogP contribution is -2.59. The number of morpholine rings is 1. The zero-order chi connectivity index (χ0) is 29.4. The van der Waals surface area contributed by atoms with Crippen molar-refractivity contribution in [3.05, 3.63) is 40.2 Å². The third-order valence-corrected chi connectivity index (χ3v) is 6.27. The van der Waals surface area contributed by atoms with Crippen molar-refractivity contribution < 1.29 is 55.3 Å². The fourth-order valence-corrected chi connectivity index (χ4v) is 4.51. The van der Waals surface area contributed by atoms with Gasteiger partial charge in [-0.05, 0) is 31.9 Å². The molecular weight excluding hydrogens is 565 g/mol. The molecule has 2 aromatic heterocycles. The van der Waals surface area contributed by atoms with Gasteiger partial charge in [-0.15, -0.1) is 11.3 Å². The van der Waals surface area contributed by atoms with E-state index in [1.165, 1.54) is 6.07 Å². The number of rotatable bonds is 3. The third-order valence-electron chi connectivity index (χ3n) is 5.44. The topological polar surface area (TPSA) is 116 Å². The first-order chi connectivity index (χ1) is 18.0. The van der Waals surface area contributed by atoms with E-state index in [4.69, 9.17) is 24.5 Å². The first kappa shape index (κ1) is 32.2. The first-order valence-corrected chi connectivity index (χ1v) is 12.1. The van der Waals surface area contributed by atoms with Gasteiger partial charge in [-0.1, -0.05) is 0 Å². The molecule has 39 heavy (non-hydrogen) atoms. The number of anilines is 1. The smallest absolute Gasteiger partial charge is 0.475 e. The molecule has 2 aromatic rings.